The van der Waals surface area contributed by atoms with E-state index in [1.807, 2.05) is 13.8 Å². The highest BCUT2D eigenvalue weighted by Crippen LogP contribution is 2.34. The number of aromatic nitrogens is 1. The van der Waals surface area contributed by atoms with Gasteiger partial charge in [-0.2, -0.15) is 0 Å². The number of rotatable bonds is 0. The summed E-state index contributed by atoms with van der Waals surface area (Å²) in [5.41, 5.74) is 0.831. The second-order valence-electron chi connectivity index (χ2n) is 2.39. The summed E-state index contributed by atoms with van der Waals surface area (Å²) in [6.45, 7) is 4.02. The van der Waals surface area contributed by atoms with Gasteiger partial charge in [-0.05, 0) is 13.8 Å². The summed E-state index contributed by atoms with van der Waals surface area (Å²) in [7, 11) is 0. The van der Waals surface area contributed by atoms with Crippen molar-refractivity contribution in [2.24, 2.45) is 0 Å². The van der Waals surface area contributed by atoms with Crippen LogP contribution in [0.1, 0.15) is 9.75 Å². The van der Waals surface area contributed by atoms with Crippen LogP contribution in [0.25, 0.3) is 11.0 Å². The number of hydrogen-bond acceptors (Lipinski definition) is 3. The normalized spacial score (nSPS) is 11.2. The number of halogens is 1. The highest BCUT2D eigenvalue weighted by atomic mass is 35.5. The molecule has 0 N–H and O–H groups in total. The van der Waals surface area contributed by atoms with Crippen LogP contribution >= 0.6 is 22.9 Å². The first kappa shape index (κ1) is 7.13. The molecule has 2 aromatic rings. The van der Waals surface area contributed by atoms with E-state index in [2.05, 4.69) is 5.16 Å². The summed E-state index contributed by atoms with van der Waals surface area (Å²) >= 11 is 7.48. The average molecular weight is 188 g/mol. The Balaban J connectivity index is 2.98. The van der Waals surface area contributed by atoms with Crippen LogP contribution in [-0.4, -0.2) is 5.16 Å². The van der Waals surface area contributed by atoms with E-state index < -0.39 is 0 Å². The molecule has 0 saturated carbocycles. The van der Waals surface area contributed by atoms with Gasteiger partial charge in [0.2, 0.25) is 0 Å². The first-order chi connectivity index (χ1) is 5.20. The fourth-order valence-corrected chi connectivity index (χ4v) is 2.44. The van der Waals surface area contributed by atoms with E-state index in [1.54, 1.807) is 11.3 Å². The predicted octanol–water partition coefficient (Wildman–Crippen LogP) is 3.16. The molecule has 0 aromatic carbocycles. The number of fused-ring (bicyclic) bond motifs is 1. The minimum Gasteiger partial charge on any atom is -0.354 e. The van der Waals surface area contributed by atoms with Crippen molar-refractivity contribution < 1.29 is 4.52 Å². The first-order valence-corrected chi connectivity index (χ1v) is 4.40. The van der Waals surface area contributed by atoms with Gasteiger partial charge in [-0.1, -0.05) is 16.8 Å². The zero-order chi connectivity index (χ0) is 8.01. The molecule has 2 rings (SSSR count). The lowest BCUT2D eigenvalue weighted by Gasteiger charge is -1.78. The van der Waals surface area contributed by atoms with E-state index >= 15 is 0 Å². The molecule has 0 aliphatic carbocycles. The van der Waals surface area contributed by atoms with Crippen LogP contribution in [-0.2, 0) is 0 Å². The third-order valence-corrected chi connectivity index (χ3v) is 2.89. The molecule has 0 spiro atoms. The summed E-state index contributed by atoms with van der Waals surface area (Å²) in [6.07, 6.45) is 0. The molecule has 0 aliphatic rings. The summed E-state index contributed by atoms with van der Waals surface area (Å²) in [5.74, 6) is 0. The minimum atomic E-state index is 0.474. The van der Waals surface area contributed by atoms with Gasteiger partial charge in [-0.3, -0.25) is 0 Å². The van der Waals surface area contributed by atoms with E-state index in [-0.39, 0.29) is 0 Å². The van der Waals surface area contributed by atoms with Gasteiger partial charge in [0, 0.05) is 9.75 Å². The quantitative estimate of drug-likeness (QED) is 0.633. The molecule has 2 heterocycles. The van der Waals surface area contributed by atoms with Gasteiger partial charge in [-0.15, -0.1) is 11.3 Å². The van der Waals surface area contributed by atoms with Crippen molar-refractivity contribution >= 4 is 33.9 Å². The Hall–Kier alpha value is -0.540. The lowest BCUT2D eigenvalue weighted by atomic mass is 10.3. The summed E-state index contributed by atoms with van der Waals surface area (Å²) in [6, 6.07) is 0. The number of hydrogen-bond donors (Lipinski definition) is 0. The average Bonchev–Trinajstić information content (AvgIpc) is 2.41. The van der Waals surface area contributed by atoms with Crippen LogP contribution in [0.3, 0.4) is 0 Å². The maximum atomic E-state index is 5.79. The molecule has 2 aromatic heterocycles. The van der Waals surface area contributed by atoms with E-state index in [0.717, 1.165) is 15.8 Å². The van der Waals surface area contributed by atoms with Gasteiger partial charge in [0.05, 0.1) is 5.39 Å². The molecule has 0 aliphatic heterocycles. The second-order valence-corrected chi connectivity index (χ2v) is 4.18. The highest BCUT2D eigenvalue weighted by molar-refractivity contribution is 7.13. The van der Waals surface area contributed by atoms with Crippen molar-refractivity contribution in [2.45, 2.75) is 13.8 Å². The van der Waals surface area contributed by atoms with Crippen molar-refractivity contribution in [3.8, 4) is 0 Å². The van der Waals surface area contributed by atoms with Gasteiger partial charge in [0.1, 0.15) is 0 Å². The summed E-state index contributed by atoms with van der Waals surface area (Å²) < 4.78 is 5.03. The Bertz CT molecular complexity index is 404. The van der Waals surface area contributed by atoms with E-state index in [9.17, 15) is 0 Å². The van der Waals surface area contributed by atoms with Gasteiger partial charge in [0.25, 0.3) is 0 Å². The standard InChI is InChI=1S/C7H6ClNOS/c1-3-5-6(4(2)11-3)10-9-7(5)8/h1-2H3. The van der Waals surface area contributed by atoms with Crippen LogP contribution in [0.5, 0.6) is 0 Å². The Morgan fingerprint density at radius 3 is 2.73 bits per heavy atom. The molecule has 0 bridgehead atoms. The molecule has 0 fully saturated rings. The molecule has 58 valence electrons. The zero-order valence-corrected chi connectivity index (χ0v) is 7.71. The van der Waals surface area contributed by atoms with Crippen molar-refractivity contribution in [1.29, 1.82) is 0 Å². The summed E-state index contributed by atoms with van der Waals surface area (Å²) in [4.78, 5) is 2.31. The van der Waals surface area contributed by atoms with Crippen LogP contribution in [0.4, 0.5) is 0 Å². The second kappa shape index (κ2) is 2.22. The fourth-order valence-electron chi connectivity index (χ4n) is 1.14. The lowest BCUT2D eigenvalue weighted by Crippen LogP contribution is -1.61. The SMILES string of the molecule is Cc1sc(C)c2c(Cl)noc12. The maximum absolute atomic E-state index is 5.79. The van der Waals surface area contributed by atoms with E-state index in [1.165, 1.54) is 4.88 Å². The number of thiophene rings is 1. The topological polar surface area (TPSA) is 26.0 Å². The third kappa shape index (κ3) is 0.880. The zero-order valence-electron chi connectivity index (χ0n) is 6.14. The Labute approximate surface area is 72.8 Å². The predicted molar refractivity (Wildman–Crippen MR) is 46.4 cm³/mol. The Kier molecular flexibility index (Phi) is 1.44. The van der Waals surface area contributed by atoms with Crippen LogP contribution in [0, 0.1) is 13.8 Å². The molecule has 0 unspecified atom stereocenters. The Morgan fingerprint density at radius 2 is 2.09 bits per heavy atom. The monoisotopic (exact) mass is 187 g/mol. The molecule has 0 radical (unpaired) electrons. The van der Waals surface area contributed by atoms with Crippen LogP contribution in [0.2, 0.25) is 5.15 Å². The molecule has 11 heavy (non-hydrogen) atoms. The van der Waals surface area contributed by atoms with Gasteiger partial charge in [0.15, 0.2) is 10.7 Å². The van der Waals surface area contributed by atoms with E-state index in [4.69, 9.17) is 16.1 Å². The molecule has 4 heteroatoms. The fraction of sp³-hybridized carbons (Fsp3) is 0.286. The van der Waals surface area contributed by atoms with Gasteiger partial charge >= 0.3 is 0 Å². The summed E-state index contributed by atoms with van der Waals surface area (Å²) in [5, 5.41) is 5.12. The maximum Gasteiger partial charge on any atom is 0.182 e. The minimum absolute atomic E-state index is 0.474. The van der Waals surface area contributed by atoms with Crippen molar-refractivity contribution in [3.63, 3.8) is 0 Å². The molecule has 0 amide bonds. The van der Waals surface area contributed by atoms with Crippen molar-refractivity contribution in [2.75, 3.05) is 0 Å². The van der Waals surface area contributed by atoms with Crippen LogP contribution in [0.15, 0.2) is 4.52 Å². The number of aryl methyl sites for hydroxylation is 2. The molecule has 0 saturated heterocycles. The largest absolute Gasteiger partial charge is 0.354 e. The first-order valence-electron chi connectivity index (χ1n) is 3.21. The molecule has 0 atom stereocenters. The van der Waals surface area contributed by atoms with Crippen molar-refractivity contribution in [3.05, 3.63) is 14.9 Å². The Morgan fingerprint density at radius 1 is 1.36 bits per heavy atom. The number of nitrogens with zero attached hydrogens (tertiary/aromatic N) is 1. The molecule has 2 nitrogen and oxygen atoms in total. The van der Waals surface area contributed by atoms with Crippen LogP contribution < -0.4 is 0 Å². The van der Waals surface area contributed by atoms with Gasteiger partial charge in [-0.25, -0.2) is 0 Å². The highest BCUT2D eigenvalue weighted by Gasteiger charge is 2.13. The van der Waals surface area contributed by atoms with Gasteiger partial charge < -0.3 is 4.52 Å². The lowest BCUT2D eigenvalue weighted by molar-refractivity contribution is 0.456. The third-order valence-electron chi connectivity index (χ3n) is 1.63. The van der Waals surface area contributed by atoms with Crippen molar-refractivity contribution in [1.82, 2.24) is 5.16 Å². The van der Waals surface area contributed by atoms with E-state index in [0.29, 0.717) is 5.15 Å². The molecular formula is C7H6ClNOS. The smallest absolute Gasteiger partial charge is 0.182 e. The molecular weight excluding hydrogens is 182 g/mol.